The van der Waals surface area contributed by atoms with Gasteiger partial charge in [0.05, 0.1) is 28.8 Å². The molecular weight excluding hydrogens is 471 g/mol. The second-order valence-electron chi connectivity index (χ2n) is 8.86. The van der Waals surface area contributed by atoms with Gasteiger partial charge in [0.1, 0.15) is 23.1 Å². The van der Waals surface area contributed by atoms with Crippen LogP contribution in [0.3, 0.4) is 0 Å². The van der Waals surface area contributed by atoms with Crippen LogP contribution in [0.25, 0.3) is 16.6 Å². The van der Waals surface area contributed by atoms with Crippen molar-refractivity contribution >= 4 is 28.4 Å². The zero-order valence-electron chi connectivity index (χ0n) is 20.6. The van der Waals surface area contributed by atoms with Gasteiger partial charge < -0.3 is 10.1 Å². The second kappa shape index (κ2) is 10.1. The molecule has 0 bridgehead atoms. The molecule has 5 rings (SSSR count). The fourth-order valence-electron chi connectivity index (χ4n) is 3.75. The van der Waals surface area contributed by atoms with Crippen LogP contribution in [0.2, 0.25) is 0 Å². The van der Waals surface area contributed by atoms with E-state index in [1.54, 1.807) is 29.2 Å². The summed E-state index contributed by atoms with van der Waals surface area (Å²) in [7, 11) is 0. The van der Waals surface area contributed by atoms with Crippen LogP contribution in [0.5, 0.6) is 11.5 Å². The van der Waals surface area contributed by atoms with Crippen molar-refractivity contribution in [2.45, 2.75) is 26.7 Å². The highest BCUT2D eigenvalue weighted by molar-refractivity contribution is 5.99. The summed E-state index contributed by atoms with van der Waals surface area (Å²) in [6.45, 7) is 5.91. The Morgan fingerprint density at radius 2 is 1.81 bits per heavy atom. The Balaban J connectivity index is 1.38. The predicted octanol–water partition coefficient (Wildman–Crippen LogP) is 6.82. The molecule has 0 radical (unpaired) electrons. The molecule has 0 saturated carbocycles. The molecule has 0 aliphatic heterocycles. The monoisotopic (exact) mass is 496 g/mol. The number of nitrogens with one attached hydrogen (secondary N) is 2. The summed E-state index contributed by atoms with van der Waals surface area (Å²) in [5, 5.41) is 11.0. The summed E-state index contributed by atoms with van der Waals surface area (Å²) in [6, 6.07) is 18.5. The first-order chi connectivity index (χ1) is 17.9. The summed E-state index contributed by atoms with van der Waals surface area (Å²) in [5.41, 5.74) is 3.24. The van der Waals surface area contributed by atoms with E-state index in [0.717, 1.165) is 28.0 Å². The number of fused-ring (bicyclic) bond motifs is 1. The number of benzene rings is 2. The zero-order valence-corrected chi connectivity index (χ0v) is 20.6. The molecule has 2 amide bonds. The molecule has 8 nitrogen and oxygen atoms in total. The Morgan fingerprint density at radius 1 is 0.973 bits per heavy atom. The van der Waals surface area contributed by atoms with Gasteiger partial charge in [-0.2, -0.15) is 5.10 Å². The summed E-state index contributed by atoms with van der Waals surface area (Å²) >= 11 is 0. The number of urea groups is 1. The van der Waals surface area contributed by atoms with Gasteiger partial charge in [-0.25, -0.2) is 13.9 Å². The van der Waals surface area contributed by atoms with E-state index >= 15 is 0 Å². The molecule has 0 saturated heterocycles. The molecule has 0 spiro atoms. The second-order valence-corrected chi connectivity index (χ2v) is 8.86. The number of carbonyl (C=O) groups is 1. The molecule has 3 heterocycles. The number of carbonyl (C=O) groups excluding carboxylic acids is 1. The lowest BCUT2D eigenvalue weighted by Gasteiger charge is -2.12. The van der Waals surface area contributed by atoms with Gasteiger partial charge in [0, 0.05) is 29.4 Å². The van der Waals surface area contributed by atoms with Crippen molar-refractivity contribution in [2.75, 3.05) is 10.6 Å². The van der Waals surface area contributed by atoms with Crippen LogP contribution in [-0.2, 0) is 0 Å². The predicted molar refractivity (Wildman–Crippen MR) is 141 cm³/mol. The first-order valence-electron chi connectivity index (χ1n) is 11.8. The molecule has 3 aromatic heterocycles. The summed E-state index contributed by atoms with van der Waals surface area (Å²) in [4.78, 5) is 21.5. The minimum absolute atomic E-state index is 0.0259. The van der Waals surface area contributed by atoms with Crippen molar-refractivity contribution in [2.24, 2.45) is 0 Å². The van der Waals surface area contributed by atoms with Gasteiger partial charge in [-0.05, 0) is 61.4 Å². The van der Waals surface area contributed by atoms with Gasteiger partial charge in [-0.1, -0.05) is 19.9 Å². The van der Waals surface area contributed by atoms with Gasteiger partial charge in [0.2, 0.25) is 0 Å². The maximum absolute atomic E-state index is 14.5. The fourth-order valence-corrected chi connectivity index (χ4v) is 3.75. The van der Waals surface area contributed by atoms with Crippen LogP contribution in [0.4, 0.5) is 20.7 Å². The van der Waals surface area contributed by atoms with Crippen molar-refractivity contribution in [3.63, 3.8) is 0 Å². The molecule has 186 valence electrons. The molecule has 0 aliphatic carbocycles. The number of hydrogen-bond acceptors (Lipinski definition) is 5. The molecule has 9 heteroatoms. The Labute approximate surface area is 213 Å². The minimum Gasteiger partial charge on any atom is -0.456 e. The van der Waals surface area contributed by atoms with Crippen LogP contribution in [0, 0.1) is 12.7 Å². The maximum Gasteiger partial charge on any atom is 0.324 e. The van der Waals surface area contributed by atoms with E-state index in [2.05, 4.69) is 25.7 Å². The topological polar surface area (TPSA) is 94.0 Å². The molecular formula is C28H25FN6O2. The van der Waals surface area contributed by atoms with Gasteiger partial charge in [-0.3, -0.25) is 15.3 Å². The maximum atomic E-state index is 14.5. The molecule has 0 fully saturated rings. The third-order valence-corrected chi connectivity index (χ3v) is 5.70. The third-order valence-electron chi connectivity index (χ3n) is 5.70. The molecule has 2 aromatic carbocycles. The molecule has 0 unspecified atom stereocenters. The Morgan fingerprint density at radius 3 is 2.59 bits per heavy atom. The summed E-state index contributed by atoms with van der Waals surface area (Å²) in [5.74, 6) is 0.850. The minimum atomic E-state index is -0.619. The zero-order chi connectivity index (χ0) is 25.9. The largest absolute Gasteiger partial charge is 0.456 e. The van der Waals surface area contributed by atoms with E-state index in [0.29, 0.717) is 17.3 Å². The Kier molecular flexibility index (Phi) is 6.51. The van der Waals surface area contributed by atoms with Gasteiger partial charge in [0.15, 0.2) is 0 Å². The van der Waals surface area contributed by atoms with Crippen molar-refractivity contribution in [1.82, 2.24) is 19.7 Å². The quantitative estimate of drug-likeness (QED) is 0.269. The molecule has 5 aromatic rings. The Bertz CT molecular complexity index is 1580. The Hall–Kier alpha value is -4.79. The van der Waals surface area contributed by atoms with Crippen LogP contribution < -0.4 is 15.4 Å². The third kappa shape index (κ3) is 5.40. The first-order valence-corrected chi connectivity index (χ1v) is 11.8. The van der Waals surface area contributed by atoms with E-state index in [1.807, 2.05) is 57.2 Å². The van der Waals surface area contributed by atoms with E-state index < -0.39 is 11.8 Å². The lowest BCUT2D eigenvalue weighted by molar-refractivity contribution is 0.262. The molecule has 37 heavy (non-hydrogen) atoms. The van der Waals surface area contributed by atoms with E-state index in [9.17, 15) is 9.18 Å². The van der Waals surface area contributed by atoms with Crippen molar-refractivity contribution in [1.29, 1.82) is 0 Å². The highest BCUT2D eigenvalue weighted by atomic mass is 19.1. The van der Waals surface area contributed by atoms with Crippen molar-refractivity contribution < 1.29 is 13.9 Å². The number of pyridine rings is 2. The number of aromatic nitrogens is 4. The van der Waals surface area contributed by atoms with Crippen molar-refractivity contribution in [3.8, 4) is 17.2 Å². The average molecular weight is 497 g/mol. The first kappa shape index (κ1) is 23.9. The fraction of sp³-hybridized carbons (Fsp3) is 0.143. The average Bonchev–Trinajstić information content (AvgIpc) is 3.31. The molecule has 0 aliphatic rings. The van der Waals surface area contributed by atoms with Crippen LogP contribution >= 0.6 is 0 Å². The number of ether oxygens (including phenoxy) is 1. The number of hydrogen-bond donors (Lipinski definition) is 2. The lowest BCUT2D eigenvalue weighted by atomic mass is 10.1. The van der Waals surface area contributed by atoms with E-state index in [-0.39, 0.29) is 11.6 Å². The standard InChI is InChI=1S/C28H25FN6O2/c1-17(2)25-15-27(35(34-25)20-7-11-24-19(13-20)5-4-12-30-24)33-28(36)32-26-14-21(9-10-23(26)29)37-22-8-6-18(3)31-16-22/h4-17H,1-3H3,(H2,32,33,36). The molecule has 0 atom stereocenters. The van der Waals surface area contributed by atoms with Gasteiger partial charge in [-0.15, -0.1) is 0 Å². The highest BCUT2D eigenvalue weighted by Gasteiger charge is 2.16. The number of aryl methyl sites for hydroxylation is 1. The summed E-state index contributed by atoms with van der Waals surface area (Å²) < 4.78 is 21.9. The van der Waals surface area contributed by atoms with Gasteiger partial charge >= 0.3 is 6.03 Å². The van der Waals surface area contributed by atoms with Gasteiger partial charge in [0.25, 0.3) is 0 Å². The smallest absolute Gasteiger partial charge is 0.324 e. The molecule has 2 N–H and O–H groups in total. The van der Waals surface area contributed by atoms with Crippen LogP contribution in [0.1, 0.15) is 31.2 Å². The van der Waals surface area contributed by atoms with Crippen LogP contribution in [0.15, 0.2) is 79.1 Å². The number of anilines is 2. The number of amides is 2. The highest BCUT2D eigenvalue weighted by Crippen LogP contribution is 2.27. The summed E-state index contributed by atoms with van der Waals surface area (Å²) in [6.07, 6.45) is 3.32. The lowest BCUT2D eigenvalue weighted by Crippen LogP contribution is -2.22. The SMILES string of the molecule is Cc1ccc(Oc2ccc(F)c(NC(=O)Nc3cc(C(C)C)nn3-c3ccc4ncccc4c3)c2)cn1. The number of nitrogens with zero attached hydrogens (tertiary/aromatic N) is 4. The number of rotatable bonds is 6. The number of halogens is 1. The van der Waals surface area contributed by atoms with Crippen molar-refractivity contribution in [3.05, 3.63) is 96.3 Å². The van der Waals surface area contributed by atoms with E-state index in [1.165, 1.54) is 18.2 Å². The normalized spacial score (nSPS) is 11.1. The van der Waals surface area contributed by atoms with E-state index in [4.69, 9.17) is 4.74 Å². The van der Waals surface area contributed by atoms with Crippen LogP contribution in [-0.4, -0.2) is 25.8 Å².